The summed E-state index contributed by atoms with van der Waals surface area (Å²) in [7, 11) is 0. The van der Waals surface area contributed by atoms with Crippen molar-refractivity contribution in [1.82, 2.24) is 4.90 Å². The van der Waals surface area contributed by atoms with Crippen LogP contribution in [0.3, 0.4) is 0 Å². The second-order valence-corrected chi connectivity index (χ2v) is 4.79. The first kappa shape index (κ1) is 9.71. The molecule has 4 heteroatoms. The number of likely N-dealkylation sites (tertiary alicyclic amines) is 1. The minimum absolute atomic E-state index is 0.0374. The van der Waals surface area contributed by atoms with Gasteiger partial charge in [-0.15, -0.1) is 0 Å². The Morgan fingerprint density at radius 2 is 1.92 bits per heavy atom. The second-order valence-electron chi connectivity index (χ2n) is 4.47. The molecule has 2 aliphatic rings. The standard InChI is InChI=1S/C9H15F2NS/c10-9(11)3-4-12(6-9)5-8(7-13)1-2-8/h13H,1-7H2. The molecule has 0 N–H and O–H groups in total. The zero-order valence-electron chi connectivity index (χ0n) is 7.60. The van der Waals surface area contributed by atoms with Crippen molar-refractivity contribution in [3.8, 4) is 0 Å². The first-order valence-electron chi connectivity index (χ1n) is 4.76. The zero-order valence-corrected chi connectivity index (χ0v) is 8.49. The molecule has 1 aliphatic carbocycles. The van der Waals surface area contributed by atoms with Gasteiger partial charge in [0, 0.05) is 19.5 Å². The molecular weight excluding hydrogens is 192 g/mol. The van der Waals surface area contributed by atoms with E-state index in [2.05, 4.69) is 12.6 Å². The van der Waals surface area contributed by atoms with Gasteiger partial charge in [0.05, 0.1) is 6.54 Å². The molecule has 13 heavy (non-hydrogen) atoms. The van der Waals surface area contributed by atoms with Crippen LogP contribution in [0.15, 0.2) is 0 Å². The number of hydrogen-bond donors (Lipinski definition) is 1. The minimum atomic E-state index is -2.44. The van der Waals surface area contributed by atoms with Gasteiger partial charge >= 0.3 is 0 Å². The predicted molar refractivity (Wildman–Crippen MR) is 51.5 cm³/mol. The van der Waals surface area contributed by atoms with Crippen LogP contribution in [0.4, 0.5) is 8.78 Å². The average Bonchev–Trinajstić information content (AvgIpc) is 2.74. The van der Waals surface area contributed by atoms with E-state index in [0.717, 1.165) is 12.3 Å². The fraction of sp³-hybridized carbons (Fsp3) is 1.00. The number of alkyl halides is 2. The molecule has 2 rings (SSSR count). The van der Waals surface area contributed by atoms with E-state index in [4.69, 9.17) is 0 Å². The molecule has 1 nitrogen and oxygen atoms in total. The molecule has 0 aromatic carbocycles. The molecule has 0 aromatic rings. The topological polar surface area (TPSA) is 3.24 Å². The van der Waals surface area contributed by atoms with Gasteiger partial charge in [-0.3, -0.25) is 4.90 Å². The van der Waals surface area contributed by atoms with Gasteiger partial charge in [-0.05, 0) is 24.0 Å². The van der Waals surface area contributed by atoms with Crippen molar-refractivity contribution in [2.24, 2.45) is 5.41 Å². The Balaban J connectivity index is 1.84. The number of nitrogens with zero attached hydrogens (tertiary/aromatic N) is 1. The Labute approximate surface area is 82.9 Å². The fourth-order valence-corrected chi connectivity index (χ4v) is 2.38. The normalized spacial score (nSPS) is 30.7. The lowest BCUT2D eigenvalue weighted by molar-refractivity contribution is 0.0108. The van der Waals surface area contributed by atoms with Crippen molar-refractivity contribution in [1.29, 1.82) is 0 Å². The molecule has 0 spiro atoms. The van der Waals surface area contributed by atoms with Gasteiger partial charge < -0.3 is 0 Å². The summed E-state index contributed by atoms with van der Waals surface area (Å²) < 4.78 is 25.7. The van der Waals surface area contributed by atoms with Crippen molar-refractivity contribution in [2.75, 3.05) is 25.4 Å². The van der Waals surface area contributed by atoms with Crippen LogP contribution in [0.5, 0.6) is 0 Å². The maximum Gasteiger partial charge on any atom is 0.261 e. The monoisotopic (exact) mass is 207 g/mol. The SMILES string of the molecule is FC1(F)CCN(CC2(CS)CC2)C1. The zero-order chi connectivity index (χ0) is 9.53. The quantitative estimate of drug-likeness (QED) is 0.693. The second kappa shape index (κ2) is 3.09. The molecule has 1 aliphatic heterocycles. The summed E-state index contributed by atoms with van der Waals surface area (Å²) >= 11 is 4.27. The van der Waals surface area contributed by atoms with Crippen LogP contribution in [-0.2, 0) is 0 Å². The van der Waals surface area contributed by atoms with Crippen LogP contribution in [-0.4, -0.2) is 36.2 Å². The average molecular weight is 207 g/mol. The summed E-state index contributed by atoms with van der Waals surface area (Å²) in [5.74, 6) is -1.60. The lowest BCUT2D eigenvalue weighted by Crippen LogP contribution is -2.31. The van der Waals surface area contributed by atoms with Crippen molar-refractivity contribution in [2.45, 2.75) is 25.2 Å². The largest absolute Gasteiger partial charge is 0.297 e. The van der Waals surface area contributed by atoms with E-state index in [1.54, 1.807) is 0 Å². The van der Waals surface area contributed by atoms with Gasteiger partial charge in [-0.2, -0.15) is 12.6 Å². The Kier molecular flexibility index (Phi) is 2.31. The maximum absolute atomic E-state index is 12.8. The molecule has 1 saturated heterocycles. The molecule has 1 heterocycles. The third kappa shape index (κ3) is 2.15. The van der Waals surface area contributed by atoms with Crippen LogP contribution >= 0.6 is 12.6 Å². The summed E-state index contributed by atoms with van der Waals surface area (Å²) in [4.78, 5) is 1.89. The molecule has 0 amide bonds. The molecular formula is C9H15F2NS. The smallest absolute Gasteiger partial charge is 0.261 e. The first-order chi connectivity index (χ1) is 6.05. The third-order valence-electron chi connectivity index (χ3n) is 3.10. The molecule has 0 atom stereocenters. The van der Waals surface area contributed by atoms with Crippen molar-refractivity contribution in [3.05, 3.63) is 0 Å². The van der Waals surface area contributed by atoms with E-state index in [1.165, 1.54) is 12.8 Å². The van der Waals surface area contributed by atoms with Crippen molar-refractivity contribution >= 4 is 12.6 Å². The van der Waals surface area contributed by atoms with Gasteiger partial charge in [0.2, 0.25) is 0 Å². The van der Waals surface area contributed by atoms with Crippen LogP contribution in [0.25, 0.3) is 0 Å². The van der Waals surface area contributed by atoms with E-state index in [0.29, 0.717) is 6.54 Å². The number of rotatable bonds is 3. The van der Waals surface area contributed by atoms with Crippen LogP contribution < -0.4 is 0 Å². The van der Waals surface area contributed by atoms with Gasteiger partial charge in [-0.1, -0.05) is 0 Å². The van der Waals surface area contributed by atoms with Crippen molar-refractivity contribution in [3.63, 3.8) is 0 Å². The Morgan fingerprint density at radius 1 is 1.23 bits per heavy atom. The highest BCUT2D eigenvalue weighted by atomic mass is 32.1. The van der Waals surface area contributed by atoms with Crippen LogP contribution in [0.2, 0.25) is 0 Å². The summed E-state index contributed by atoms with van der Waals surface area (Å²) in [6.07, 6.45) is 2.37. The van der Waals surface area contributed by atoms with Crippen LogP contribution in [0.1, 0.15) is 19.3 Å². The summed E-state index contributed by atoms with van der Waals surface area (Å²) in [5, 5.41) is 0. The summed E-state index contributed by atoms with van der Waals surface area (Å²) in [5.41, 5.74) is 0.281. The predicted octanol–water partition coefficient (Wildman–Crippen LogP) is 2.04. The number of hydrogen-bond acceptors (Lipinski definition) is 2. The number of thiol groups is 1. The van der Waals surface area contributed by atoms with Gasteiger partial charge in [-0.25, -0.2) is 8.78 Å². The molecule has 1 saturated carbocycles. The lowest BCUT2D eigenvalue weighted by atomic mass is 10.1. The fourth-order valence-electron chi connectivity index (χ4n) is 1.96. The summed E-state index contributed by atoms with van der Waals surface area (Å²) in [6.45, 7) is 1.34. The van der Waals surface area contributed by atoms with Crippen LogP contribution in [0, 0.1) is 5.41 Å². The van der Waals surface area contributed by atoms with E-state index in [9.17, 15) is 8.78 Å². The summed E-state index contributed by atoms with van der Waals surface area (Å²) in [6, 6.07) is 0. The minimum Gasteiger partial charge on any atom is -0.297 e. The van der Waals surface area contributed by atoms with E-state index in [1.807, 2.05) is 4.90 Å². The highest BCUT2D eigenvalue weighted by Gasteiger charge is 2.46. The van der Waals surface area contributed by atoms with E-state index in [-0.39, 0.29) is 18.4 Å². The maximum atomic E-state index is 12.8. The third-order valence-corrected chi connectivity index (χ3v) is 3.77. The highest BCUT2D eigenvalue weighted by Crippen LogP contribution is 2.48. The number of halogens is 2. The van der Waals surface area contributed by atoms with Crippen molar-refractivity contribution < 1.29 is 8.78 Å². The van der Waals surface area contributed by atoms with E-state index < -0.39 is 5.92 Å². The molecule has 76 valence electrons. The molecule has 0 unspecified atom stereocenters. The highest BCUT2D eigenvalue weighted by molar-refractivity contribution is 7.80. The van der Waals surface area contributed by atoms with Gasteiger partial charge in [0.15, 0.2) is 0 Å². The van der Waals surface area contributed by atoms with E-state index >= 15 is 0 Å². The Bertz CT molecular complexity index is 204. The van der Waals surface area contributed by atoms with Gasteiger partial charge in [0.1, 0.15) is 0 Å². The molecule has 0 bridgehead atoms. The van der Waals surface area contributed by atoms with Gasteiger partial charge in [0.25, 0.3) is 5.92 Å². The Morgan fingerprint density at radius 3 is 2.31 bits per heavy atom. The molecule has 0 radical (unpaired) electrons. The lowest BCUT2D eigenvalue weighted by Gasteiger charge is -2.21. The Hall–Kier alpha value is 0.170. The molecule has 0 aromatic heterocycles. The molecule has 2 fully saturated rings. The first-order valence-corrected chi connectivity index (χ1v) is 5.40.